The normalized spacial score (nSPS) is 22.6. The fraction of sp³-hybridized carbons (Fsp3) is 0.571. The van der Waals surface area contributed by atoms with Crippen LogP contribution in [0.15, 0.2) is 29.2 Å². The SMILES string of the molecule is CCCNC1CCOCC1Sc1ccccc1[N+](=O)[O-]. The van der Waals surface area contributed by atoms with E-state index in [-0.39, 0.29) is 15.9 Å². The molecule has 1 aliphatic rings. The Hall–Kier alpha value is -1.11. The third kappa shape index (κ3) is 3.94. The second kappa shape index (κ2) is 7.61. The molecule has 2 rings (SSSR count). The summed E-state index contributed by atoms with van der Waals surface area (Å²) in [4.78, 5) is 11.5. The molecule has 0 bridgehead atoms. The molecule has 110 valence electrons. The average Bonchev–Trinajstić information content (AvgIpc) is 2.47. The molecule has 0 saturated carbocycles. The molecule has 0 spiro atoms. The molecular formula is C14H20N2O3S. The van der Waals surface area contributed by atoms with Crippen LogP contribution in [0, 0.1) is 10.1 Å². The zero-order valence-electron chi connectivity index (χ0n) is 11.6. The number of hydrogen-bond acceptors (Lipinski definition) is 5. The van der Waals surface area contributed by atoms with Crippen molar-refractivity contribution in [3.05, 3.63) is 34.4 Å². The largest absolute Gasteiger partial charge is 0.380 e. The molecule has 5 nitrogen and oxygen atoms in total. The van der Waals surface area contributed by atoms with Gasteiger partial charge in [-0.3, -0.25) is 10.1 Å². The zero-order chi connectivity index (χ0) is 14.4. The Bertz CT molecular complexity index is 456. The van der Waals surface area contributed by atoms with Crippen molar-refractivity contribution in [3.63, 3.8) is 0 Å². The first-order chi connectivity index (χ1) is 9.72. The quantitative estimate of drug-likeness (QED) is 0.646. The first-order valence-corrected chi connectivity index (χ1v) is 7.81. The van der Waals surface area contributed by atoms with E-state index < -0.39 is 0 Å². The molecule has 6 heteroatoms. The van der Waals surface area contributed by atoms with Crippen molar-refractivity contribution in [2.24, 2.45) is 0 Å². The lowest BCUT2D eigenvalue weighted by Crippen LogP contribution is -2.45. The van der Waals surface area contributed by atoms with Gasteiger partial charge < -0.3 is 10.1 Å². The maximum absolute atomic E-state index is 11.1. The van der Waals surface area contributed by atoms with Gasteiger partial charge in [0.15, 0.2) is 0 Å². The number of hydrogen-bond donors (Lipinski definition) is 1. The maximum Gasteiger partial charge on any atom is 0.282 e. The molecule has 2 unspecified atom stereocenters. The van der Waals surface area contributed by atoms with Crippen molar-refractivity contribution >= 4 is 17.4 Å². The lowest BCUT2D eigenvalue weighted by molar-refractivity contribution is -0.387. The summed E-state index contributed by atoms with van der Waals surface area (Å²) in [5.74, 6) is 0. The summed E-state index contributed by atoms with van der Waals surface area (Å²) in [7, 11) is 0. The Labute approximate surface area is 123 Å². The van der Waals surface area contributed by atoms with Gasteiger partial charge in [0, 0.05) is 24.0 Å². The van der Waals surface area contributed by atoms with Gasteiger partial charge in [0.2, 0.25) is 0 Å². The predicted octanol–water partition coefficient (Wildman–Crippen LogP) is 2.84. The molecule has 1 aliphatic heterocycles. The van der Waals surface area contributed by atoms with Crippen LogP contribution in [0.5, 0.6) is 0 Å². The van der Waals surface area contributed by atoms with Crippen molar-refractivity contribution in [1.82, 2.24) is 5.32 Å². The van der Waals surface area contributed by atoms with Crippen LogP contribution in [0.25, 0.3) is 0 Å². The summed E-state index contributed by atoms with van der Waals surface area (Å²) in [5.41, 5.74) is 0.178. The molecule has 20 heavy (non-hydrogen) atoms. The summed E-state index contributed by atoms with van der Waals surface area (Å²) >= 11 is 1.55. The molecule has 1 aromatic carbocycles. The second-order valence-corrected chi connectivity index (χ2v) is 6.09. The Morgan fingerprint density at radius 1 is 1.50 bits per heavy atom. The molecule has 1 saturated heterocycles. The highest BCUT2D eigenvalue weighted by atomic mass is 32.2. The van der Waals surface area contributed by atoms with E-state index in [4.69, 9.17) is 4.74 Å². The van der Waals surface area contributed by atoms with E-state index in [9.17, 15) is 10.1 Å². The molecule has 0 aliphatic carbocycles. The van der Waals surface area contributed by atoms with Gasteiger partial charge in [-0.1, -0.05) is 19.1 Å². The van der Waals surface area contributed by atoms with Gasteiger partial charge in [0.1, 0.15) is 0 Å². The molecule has 1 N–H and O–H groups in total. The first kappa shape index (κ1) is 15.3. The highest BCUT2D eigenvalue weighted by Gasteiger charge is 2.28. The molecular weight excluding hydrogens is 276 g/mol. The van der Waals surface area contributed by atoms with E-state index in [0.717, 1.165) is 30.9 Å². The van der Waals surface area contributed by atoms with E-state index >= 15 is 0 Å². The fourth-order valence-corrected chi connectivity index (χ4v) is 3.57. The van der Waals surface area contributed by atoms with E-state index in [1.54, 1.807) is 23.9 Å². The lowest BCUT2D eigenvalue weighted by Gasteiger charge is -2.31. The topological polar surface area (TPSA) is 64.4 Å². The fourth-order valence-electron chi connectivity index (χ4n) is 2.26. The summed E-state index contributed by atoms with van der Waals surface area (Å²) in [5, 5.41) is 14.8. The van der Waals surface area contributed by atoms with Gasteiger partial charge in [-0.05, 0) is 25.5 Å². The Morgan fingerprint density at radius 3 is 3.05 bits per heavy atom. The molecule has 1 aromatic rings. The molecule has 0 amide bonds. The highest BCUT2D eigenvalue weighted by molar-refractivity contribution is 8.00. The van der Waals surface area contributed by atoms with Gasteiger partial charge in [-0.2, -0.15) is 0 Å². The molecule has 1 heterocycles. The number of nitro groups is 1. The smallest absolute Gasteiger partial charge is 0.282 e. The van der Waals surface area contributed by atoms with Crippen LogP contribution >= 0.6 is 11.8 Å². The second-order valence-electron chi connectivity index (χ2n) is 4.81. The van der Waals surface area contributed by atoms with Crippen LogP contribution in [-0.2, 0) is 4.74 Å². The van der Waals surface area contributed by atoms with Crippen molar-refractivity contribution in [2.45, 2.75) is 36.0 Å². The van der Waals surface area contributed by atoms with E-state index in [1.165, 1.54) is 0 Å². The molecule has 2 atom stereocenters. The number of nitrogens with zero attached hydrogens (tertiary/aromatic N) is 1. The van der Waals surface area contributed by atoms with Crippen LogP contribution in [-0.4, -0.2) is 36.0 Å². The molecule has 0 aromatic heterocycles. The van der Waals surface area contributed by atoms with Crippen LogP contribution in [0.2, 0.25) is 0 Å². The van der Waals surface area contributed by atoms with Gasteiger partial charge >= 0.3 is 0 Å². The Morgan fingerprint density at radius 2 is 2.30 bits per heavy atom. The Kier molecular flexibility index (Phi) is 5.82. The minimum atomic E-state index is -0.319. The lowest BCUT2D eigenvalue weighted by atomic mass is 10.1. The third-order valence-electron chi connectivity index (χ3n) is 3.30. The van der Waals surface area contributed by atoms with Crippen molar-refractivity contribution < 1.29 is 9.66 Å². The van der Waals surface area contributed by atoms with Gasteiger partial charge in [-0.25, -0.2) is 0 Å². The van der Waals surface area contributed by atoms with Gasteiger partial charge in [-0.15, -0.1) is 11.8 Å². The van der Waals surface area contributed by atoms with Crippen LogP contribution < -0.4 is 5.32 Å². The number of benzene rings is 1. The van der Waals surface area contributed by atoms with E-state index in [0.29, 0.717) is 12.6 Å². The van der Waals surface area contributed by atoms with Crippen molar-refractivity contribution in [2.75, 3.05) is 19.8 Å². The van der Waals surface area contributed by atoms with Crippen LogP contribution in [0.1, 0.15) is 19.8 Å². The van der Waals surface area contributed by atoms with Crippen molar-refractivity contribution in [3.8, 4) is 0 Å². The number of ether oxygens (including phenoxy) is 1. The predicted molar refractivity (Wildman–Crippen MR) is 80.3 cm³/mol. The number of nitrogens with one attached hydrogen (secondary N) is 1. The summed E-state index contributed by atoms with van der Waals surface area (Å²) in [6, 6.07) is 7.27. The highest BCUT2D eigenvalue weighted by Crippen LogP contribution is 2.34. The maximum atomic E-state index is 11.1. The summed E-state index contributed by atoms with van der Waals surface area (Å²) < 4.78 is 5.53. The van der Waals surface area contributed by atoms with Crippen molar-refractivity contribution in [1.29, 1.82) is 0 Å². The monoisotopic (exact) mass is 296 g/mol. The van der Waals surface area contributed by atoms with Crippen LogP contribution in [0.3, 0.4) is 0 Å². The summed E-state index contributed by atoms with van der Waals surface area (Å²) in [6.07, 6.45) is 2.04. The average molecular weight is 296 g/mol. The minimum Gasteiger partial charge on any atom is -0.380 e. The van der Waals surface area contributed by atoms with Crippen LogP contribution in [0.4, 0.5) is 5.69 Å². The number of rotatable bonds is 6. The molecule has 0 radical (unpaired) electrons. The Balaban J connectivity index is 2.08. The summed E-state index contributed by atoms with van der Waals surface area (Å²) in [6.45, 7) is 4.50. The number of nitro benzene ring substituents is 1. The van der Waals surface area contributed by atoms with E-state index in [1.807, 2.05) is 12.1 Å². The standard InChI is InChI=1S/C14H20N2O3S/c1-2-8-15-11-7-9-19-10-14(11)20-13-6-4-3-5-12(13)16(17)18/h3-6,11,14-15H,2,7-10H2,1H3. The van der Waals surface area contributed by atoms with Gasteiger partial charge in [0.05, 0.1) is 16.4 Å². The third-order valence-corrected chi connectivity index (χ3v) is 4.67. The number of thioether (sulfide) groups is 1. The van der Waals surface area contributed by atoms with E-state index in [2.05, 4.69) is 12.2 Å². The minimum absolute atomic E-state index is 0.178. The first-order valence-electron chi connectivity index (χ1n) is 6.93. The number of para-hydroxylation sites is 1. The van der Waals surface area contributed by atoms with Gasteiger partial charge in [0.25, 0.3) is 5.69 Å². The zero-order valence-corrected chi connectivity index (χ0v) is 12.4. The molecule has 1 fully saturated rings.